The minimum absolute atomic E-state index is 0.00307. The third-order valence-electron chi connectivity index (χ3n) is 2.47. The number of aryl methyl sites for hydroxylation is 1. The molecule has 0 saturated heterocycles. The Hall–Kier alpha value is -0.390. The van der Waals surface area contributed by atoms with Gasteiger partial charge < -0.3 is 5.32 Å². The normalized spacial score (nSPS) is 11.6. The molecule has 0 atom stereocenters. The van der Waals surface area contributed by atoms with E-state index in [1.165, 1.54) is 0 Å². The fourth-order valence-corrected chi connectivity index (χ4v) is 2.24. The average molecular weight is 347 g/mol. The van der Waals surface area contributed by atoms with Crippen LogP contribution in [0.3, 0.4) is 0 Å². The second-order valence-corrected chi connectivity index (χ2v) is 6.27. The molecule has 17 heavy (non-hydrogen) atoms. The minimum Gasteiger partial charge on any atom is -0.369 e. The van der Waals surface area contributed by atoms with Crippen LogP contribution in [0.5, 0.6) is 0 Å². The van der Waals surface area contributed by atoms with Crippen LogP contribution in [0.2, 0.25) is 0 Å². The summed E-state index contributed by atoms with van der Waals surface area (Å²) in [7, 11) is 0. The Morgan fingerprint density at radius 1 is 1.18 bits per heavy atom. The molecule has 96 valence electrons. The molecule has 0 aliphatic rings. The van der Waals surface area contributed by atoms with Crippen LogP contribution in [-0.4, -0.2) is 16.5 Å². The maximum absolute atomic E-state index is 4.67. The van der Waals surface area contributed by atoms with Crippen molar-refractivity contribution >= 4 is 28.4 Å². The first kappa shape index (κ1) is 14.7. The Bertz CT molecular complexity index is 383. The van der Waals surface area contributed by atoms with E-state index in [1.54, 1.807) is 0 Å². The predicted molar refractivity (Wildman–Crippen MR) is 81.6 cm³/mol. The fraction of sp³-hybridized carbons (Fsp3) is 0.692. The smallest absolute Gasteiger partial charge is 0.143 e. The van der Waals surface area contributed by atoms with E-state index in [-0.39, 0.29) is 5.41 Å². The van der Waals surface area contributed by atoms with Crippen molar-refractivity contribution in [1.29, 1.82) is 0 Å². The van der Waals surface area contributed by atoms with E-state index in [9.17, 15) is 0 Å². The number of nitrogens with one attached hydrogen (secondary N) is 1. The van der Waals surface area contributed by atoms with Crippen molar-refractivity contribution in [2.45, 2.75) is 52.9 Å². The summed E-state index contributed by atoms with van der Waals surface area (Å²) in [5.41, 5.74) is 1.14. The quantitative estimate of drug-likeness (QED) is 0.843. The largest absolute Gasteiger partial charge is 0.369 e. The molecule has 1 aromatic heterocycles. The Balaban J connectivity index is 3.19. The Kier molecular flexibility index (Phi) is 5.16. The number of hydrogen-bond acceptors (Lipinski definition) is 3. The van der Waals surface area contributed by atoms with Gasteiger partial charge in [0.05, 0.1) is 9.26 Å². The summed E-state index contributed by atoms with van der Waals surface area (Å²) >= 11 is 2.34. The van der Waals surface area contributed by atoms with Crippen molar-refractivity contribution < 1.29 is 0 Å². The van der Waals surface area contributed by atoms with Crippen LogP contribution in [0.1, 0.15) is 52.6 Å². The van der Waals surface area contributed by atoms with Crippen LogP contribution >= 0.6 is 22.6 Å². The highest BCUT2D eigenvalue weighted by molar-refractivity contribution is 14.1. The molecular formula is C13H22IN3. The zero-order chi connectivity index (χ0) is 13.1. The second kappa shape index (κ2) is 5.98. The number of halogens is 1. The van der Waals surface area contributed by atoms with Gasteiger partial charge in [0.1, 0.15) is 11.6 Å². The maximum Gasteiger partial charge on any atom is 0.143 e. The summed E-state index contributed by atoms with van der Waals surface area (Å²) < 4.78 is 1.16. The van der Waals surface area contributed by atoms with Crippen LogP contribution in [0.15, 0.2) is 0 Å². The lowest BCUT2D eigenvalue weighted by Gasteiger charge is -2.20. The minimum atomic E-state index is -0.00307. The monoisotopic (exact) mass is 347 g/mol. The van der Waals surface area contributed by atoms with Gasteiger partial charge in [-0.3, -0.25) is 0 Å². The number of rotatable bonds is 4. The molecule has 0 aliphatic carbocycles. The van der Waals surface area contributed by atoms with Gasteiger partial charge in [0.15, 0.2) is 0 Å². The van der Waals surface area contributed by atoms with Crippen molar-refractivity contribution in [2.24, 2.45) is 0 Å². The molecule has 0 amide bonds. The topological polar surface area (TPSA) is 37.8 Å². The third-order valence-corrected chi connectivity index (χ3v) is 3.60. The molecular weight excluding hydrogens is 325 g/mol. The number of anilines is 1. The molecule has 1 aromatic rings. The van der Waals surface area contributed by atoms with E-state index in [1.807, 2.05) is 0 Å². The number of hydrogen-bond donors (Lipinski definition) is 1. The summed E-state index contributed by atoms with van der Waals surface area (Å²) in [5, 5.41) is 3.39. The van der Waals surface area contributed by atoms with Crippen LogP contribution in [0, 0.1) is 3.57 Å². The van der Waals surface area contributed by atoms with E-state index >= 15 is 0 Å². The first-order chi connectivity index (χ1) is 7.90. The molecule has 1 heterocycles. The molecule has 1 N–H and O–H groups in total. The average Bonchev–Trinajstić information content (AvgIpc) is 2.26. The molecule has 1 rings (SSSR count). The van der Waals surface area contributed by atoms with Crippen molar-refractivity contribution in [2.75, 3.05) is 11.9 Å². The summed E-state index contributed by atoms with van der Waals surface area (Å²) in [6.45, 7) is 11.7. The molecule has 0 saturated carbocycles. The zero-order valence-electron chi connectivity index (χ0n) is 11.4. The van der Waals surface area contributed by atoms with Crippen molar-refractivity contribution in [3.05, 3.63) is 15.1 Å². The molecule has 0 bridgehead atoms. The van der Waals surface area contributed by atoms with E-state index < -0.39 is 0 Å². The SMILES string of the molecule is CCCNc1nc(C(C)(C)C)nc(CC)c1I. The van der Waals surface area contributed by atoms with Gasteiger partial charge in [-0.15, -0.1) is 0 Å². The van der Waals surface area contributed by atoms with Crippen LogP contribution in [0.4, 0.5) is 5.82 Å². The van der Waals surface area contributed by atoms with Crippen LogP contribution in [-0.2, 0) is 11.8 Å². The van der Waals surface area contributed by atoms with E-state index in [4.69, 9.17) is 0 Å². The first-order valence-corrected chi connectivity index (χ1v) is 7.28. The highest BCUT2D eigenvalue weighted by atomic mass is 127. The van der Waals surface area contributed by atoms with Gasteiger partial charge in [0.2, 0.25) is 0 Å². The second-order valence-electron chi connectivity index (χ2n) is 5.19. The number of aromatic nitrogens is 2. The summed E-state index contributed by atoms with van der Waals surface area (Å²) in [6.07, 6.45) is 2.05. The van der Waals surface area contributed by atoms with Gasteiger partial charge >= 0.3 is 0 Å². The predicted octanol–water partition coefficient (Wildman–Crippen LogP) is 3.76. The van der Waals surface area contributed by atoms with E-state index in [2.05, 4.69) is 72.5 Å². The maximum atomic E-state index is 4.67. The lowest BCUT2D eigenvalue weighted by atomic mass is 9.95. The van der Waals surface area contributed by atoms with E-state index in [0.717, 1.165) is 40.3 Å². The molecule has 0 aliphatic heterocycles. The molecule has 0 radical (unpaired) electrons. The van der Waals surface area contributed by atoms with Crippen molar-refractivity contribution in [3.63, 3.8) is 0 Å². The molecule has 0 fully saturated rings. The van der Waals surface area contributed by atoms with Gasteiger partial charge in [-0.2, -0.15) is 0 Å². The zero-order valence-corrected chi connectivity index (χ0v) is 13.6. The lowest BCUT2D eigenvalue weighted by molar-refractivity contribution is 0.541. The Morgan fingerprint density at radius 3 is 2.29 bits per heavy atom. The van der Waals surface area contributed by atoms with Crippen LogP contribution in [0.25, 0.3) is 0 Å². The fourth-order valence-electron chi connectivity index (χ4n) is 1.42. The van der Waals surface area contributed by atoms with E-state index in [0.29, 0.717) is 0 Å². The highest BCUT2D eigenvalue weighted by Gasteiger charge is 2.20. The summed E-state index contributed by atoms with van der Waals surface area (Å²) in [4.78, 5) is 9.33. The van der Waals surface area contributed by atoms with Crippen molar-refractivity contribution in [1.82, 2.24) is 9.97 Å². The molecule has 0 unspecified atom stereocenters. The van der Waals surface area contributed by atoms with Crippen LogP contribution < -0.4 is 5.32 Å². The molecule has 0 aromatic carbocycles. The lowest BCUT2D eigenvalue weighted by Crippen LogP contribution is -2.20. The third kappa shape index (κ3) is 3.79. The van der Waals surface area contributed by atoms with Crippen molar-refractivity contribution in [3.8, 4) is 0 Å². The van der Waals surface area contributed by atoms with Gasteiger partial charge in [0, 0.05) is 12.0 Å². The standard InChI is InChI=1S/C13H22IN3/c1-6-8-15-11-10(14)9(7-2)16-12(17-11)13(3,4)5/h6-8H2,1-5H3,(H,15,16,17). The molecule has 4 heteroatoms. The number of nitrogens with zero attached hydrogens (tertiary/aromatic N) is 2. The first-order valence-electron chi connectivity index (χ1n) is 6.20. The Morgan fingerprint density at radius 2 is 1.82 bits per heavy atom. The molecule has 0 spiro atoms. The van der Waals surface area contributed by atoms with Gasteiger partial charge in [-0.05, 0) is 35.4 Å². The summed E-state index contributed by atoms with van der Waals surface area (Å²) in [5.74, 6) is 1.91. The highest BCUT2D eigenvalue weighted by Crippen LogP contribution is 2.25. The van der Waals surface area contributed by atoms with Gasteiger partial charge in [-0.25, -0.2) is 9.97 Å². The molecule has 3 nitrogen and oxygen atoms in total. The van der Waals surface area contributed by atoms with Gasteiger partial charge in [-0.1, -0.05) is 34.6 Å². The Labute approximate surface area is 118 Å². The summed E-state index contributed by atoms with van der Waals surface area (Å²) in [6, 6.07) is 0. The van der Waals surface area contributed by atoms with Gasteiger partial charge in [0.25, 0.3) is 0 Å².